The molecule has 1 aliphatic rings. The molecule has 0 aliphatic heterocycles. The first-order chi connectivity index (χ1) is 16.0. The minimum Gasteiger partial charge on any atom is -0.494 e. The van der Waals surface area contributed by atoms with E-state index >= 15 is 0 Å². The van der Waals surface area contributed by atoms with Gasteiger partial charge in [0.2, 0.25) is 5.91 Å². The summed E-state index contributed by atoms with van der Waals surface area (Å²) >= 11 is 0. The van der Waals surface area contributed by atoms with Gasteiger partial charge >= 0.3 is 0 Å². The van der Waals surface area contributed by atoms with Crippen molar-refractivity contribution >= 4 is 29.0 Å². The lowest BCUT2D eigenvalue weighted by Crippen LogP contribution is -2.22. The lowest BCUT2D eigenvalue weighted by atomic mass is 10.1. The molecule has 0 radical (unpaired) electrons. The summed E-state index contributed by atoms with van der Waals surface area (Å²) < 4.78 is 5.61. The zero-order valence-corrected chi connectivity index (χ0v) is 17.9. The summed E-state index contributed by atoms with van der Waals surface area (Å²) in [5.74, 6) is 0.342. The van der Waals surface area contributed by atoms with Gasteiger partial charge in [-0.2, -0.15) is 5.26 Å². The highest BCUT2D eigenvalue weighted by atomic mass is 16.5. The van der Waals surface area contributed by atoms with Gasteiger partial charge < -0.3 is 20.7 Å². The van der Waals surface area contributed by atoms with Crippen molar-refractivity contribution in [2.24, 2.45) is 5.92 Å². The maximum absolute atomic E-state index is 12.4. The maximum Gasteiger partial charge on any atom is 0.273 e. The summed E-state index contributed by atoms with van der Waals surface area (Å²) in [6.45, 7) is 0. The zero-order chi connectivity index (χ0) is 23.4. The molecule has 0 bridgehead atoms. The Hall–Kier alpha value is -4.59. The number of rotatable bonds is 7. The van der Waals surface area contributed by atoms with E-state index in [0.717, 1.165) is 12.8 Å². The second-order valence-electron chi connectivity index (χ2n) is 7.22. The molecule has 2 aromatic heterocycles. The van der Waals surface area contributed by atoms with Crippen LogP contribution in [0.25, 0.3) is 11.4 Å². The summed E-state index contributed by atoms with van der Waals surface area (Å²) in [7, 11) is 2.97. The molecular weight excluding hydrogens is 424 g/mol. The van der Waals surface area contributed by atoms with Crippen LogP contribution in [0.15, 0.2) is 36.5 Å². The summed E-state index contributed by atoms with van der Waals surface area (Å²) in [6.07, 6.45) is 3.19. The molecule has 11 nitrogen and oxygen atoms in total. The molecule has 0 saturated heterocycles. The molecular formula is C22H20N8O3. The van der Waals surface area contributed by atoms with Crippen LogP contribution in [-0.2, 0) is 4.79 Å². The van der Waals surface area contributed by atoms with Crippen LogP contribution in [0.3, 0.4) is 0 Å². The van der Waals surface area contributed by atoms with E-state index in [1.165, 1.54) is 32.5 Å². The van der Waals surface area contributed by atoms with Crippen molar-refractivity contribution in [1.29, 1.82) is 5.26 Å². The van der Waals surface area contributed by atoms with Gasteiger partial charge in [0.15, 0.2) is 23.1 Å². The molecule has 2 heterocycles. The Morgan fingerprint density at radius 3 is 2.70 bits per heavy atom. The number of hydrogen-bond acceptors (Lipinski definition) is 9. The third-order valence-electron chi connectivity index (χ3n) is 4.93. The van der Waals surface area contributed by atoms with Crippen LogP contribution >= 0.6 is 0 Å². The van der Waals surface area contributed by atoms with E-state index in [4.69, 9.17) is 10.00 Å². The van der Waals surface area contributed by atoms with Gasteiger partial charge in [0.05, 0.1) is 24.0 Å². The van der Waals surface area contributed by atoms with Gasteiger partial charge in [-0.3, -0.25) is 9.59 Å². The average molecular weight is 444 g/mol. The molecule has 33 heavy (non-hydrogen) atoms. The van der Waals surface area contributed by atoms with E-state index in [2.05, 4.69) is 36.1 Å². The normalized spacial score (nSPS) is 12.4. The van der Waals surface area contributed by atoms with E-state index in [1.807, 2.05) is 6.07 Å². The van der Waals surface area contributed by atoms with Crippen LogP contribution in [-0.4, -0.2) is 46.1 Å². The van der Waals surface area contributed by atoms with Crippen molar-refractivity contribution in [2.75, 3.05) is 24.8 Å². The number of amides is 2. The average Bonchev–Trinajstić information content (AvgIpc) is 3.69. The van der Waals surface area contributed by atoms with Gasteiger partial charge in [-0.25, -0.2) is 9.97 Å². The number of benzene rings is 1. The molecule has 2 amide bonds. The molecule has 4 rings (SSSR count). The summed E-state index contributed by atoms with van der Waals surface area (Å²) in [5, 5.41) is 25.5. The Balaban J connectivity index is 1.73. The molecule has 1 fully saturated rings. The van der Waals surface area contributed by atoms with Gasteiger partial charge in [0, 0.05) is 25.2 Å². The third kappa shape index (κ3) is 4.69. The highest BCUT2D eigenvalue weighted by Gasteiger charge is 2.30. The monoisotopic (exact) mass is 444 g/mol. The second kappa shape index (κ2) is 9.27. The highest BCUT2D eigenvalue weighted by Crippen LogP contribution is 2.37. The van der Waals surface area contributed by atoms with Crippen molar-refractivity contribution in [3.63, 3.8) is 0 Å². The number of carbonyl (C=O) groups is 2. The number of carbonyl (C=O) groups excluding carboxylic acids is 2. The van der Waals surface area contributed by atoms with E-state index in [-0.39, 0.29) is 29.0 Å². The Kier molecular flexibility index (Phi) is 6.08. The Morgan fingerprint density at radius 1 is 1.18 bits per heavy atom. The fraction of sp³-hybridized carbons (Fsp3) is 0.227. The predicted octanol–water partition coefficient (Wildman–Crippen LogP) is 2.27. The van der Waals surface area contributed by atoms with Gasteiger partial charge in [-0.1, -0.05) is 6.07 Å². The van der Waals surface area contributed by atoms with Crippen LogP contribution in [0.5, 0.6) is 5.75 Å². The van der Waals surface area contributed by atoms with Crippen LogP contribution in [0.1, 0.15) is 29.0 Å². The molecule has 1 aromatic carbocycles. The summed E-state index contributed by atoms with van der Waals surface area (Å²) in [4.78, 5) is 33.0. The zero-order valence-electron chi connectivity index (χ0n) is 17.9. The van der Waals surface area contributed by atoms with E-state index in [0.29, 0.717) is 28.5 Å². The number of aromatic nitrogens is 4. The van der Waals surface area contributed by atoms with Crippen molar-refractivity contribution in [1.82, 2.24) is 25.5 Å². The number of para-hydroxylation sites is 1. The van der Waals surface area contributed by atoms with Gasteiger partial charge in [0.1, 0.15) is 11.8 Å². The Morgan fingerprint density at radius 2 is 2.00 bits per heavy atom. The molecule has 1 saturated carbocycles. The van der Waals surface area contributed by atoms with Crippen molar-refractivity contribution in [3.8, 4) is 23.2 Å². The third-order valence-corrected chi connectivity index (χ3v) is 4.93. The number of ether oxygens (including phenoxy) is 1. The second-order valence-corrected chi connectivity index (χ2v) is 7.22. The fourth-order valence-corrected chi connectivity index (χ4v) is 3.14. The topological polar surface area (TPSA) is 155 Å². The number of anilines is 3. The van der Waals surface area contributed by atoms with E-state index < -0.39 is 5.91 Å². The molecule has 3 aromatic rings. The van der Waals surface area contributed by atoms with Crippen LogP contribution in [0.4, 0.5) is 17.2 Å². The molecule has 166 valence electrons. The van der Waals surface area contributed by atoms with Gasteiger partial charge in [-0.05, 0) is 31.0 Å². The van der Waals surface area contributed by atoms with E-state index in [9.17, 15) is 9.59 Å². The molecule has 0 spiro atoms. The van der Waals surface area contributed by atoms with Crippen LogP contribution in [0, 0.1) is 17.2 Å². The molecule has 0 unspecified atom stereocenters. The molecule has 0 atom stereocenters. The van der Waals surface area contributed by atoms with Crippen molar-refractivity contribution < 1.29 is 14.3 Å². The fourth-order valence-electron chi connectivity index (χ4n) is 3.14. The first-order valence-corrected chi connectivity index (χ1v) is 10.1. The van der Waals surface area contributed by atoms with Gasteiger partial charge in [-0.15, -0.1) is 10.2 Å². The maximum atomic E-state index is 12.4. The lowest BCUT2D eigenvalue weighted by Gasteiger charge is -2.16. The first-order valence-electron chi connectivity index (χ1n) is 10.1. The Bertz CT molecular complexity index is 1270. The molecule has 11 heteroatoms. The van der Waals surface area contributed by atoms with Crippen LogP contribution in [0.2, 0.25) is 0 Å². The SMILES string of the molecule is CNC(=O)c1nnc(NC(=O)C2CC2)cc1Nc1cccc(-c2nccc(C#N)n2)c1OC. The minimum absolute atomic E-state index is 0.0113. The van der Waals surface area contributed by atoms with Gasteiger partial charge in [0.25, 0.3) is 5.91 Å². The quantitative estimate of drug-likeness (QED) is 0.497. The first kappa shape index (κ1) is 21.6. The summed E-state index contributed by atoms with van der Waals surface area (Å²) in [5.41, 5.74) is 1.62. The molecule has 1 aliphatic carbocycles. The molecule has 3 N–H and O–H groups in total. The lowest BCUT2D eigenvalue weighted by molar-refractivity contribution is -0.117. The van der Waals surface area contributed by atoms with Crippen molar-refractivity contribution in [2.45, 2.75) is 12.8 Å². The number of nitrogens with zero attached hydrogens (tertiary/aromatic N) is 5. The van der Waals surface area contributed by atoms with E-state index in [1.54, 1.807) is 18.2 Å². The predicted molar refractivity (Wildman–Crippen MR) is 119 cm³/mol. The van der Waals surface area contributed by atoms with Crippen LogP contribution < -0.4 is 20.7 Å². The van der Waals surface area contributed by atoms with Crippen molar-refractivity contribution in [3.05, 3.63) is 47.9 Å². The number of hydrogen-bond donors (Lipinski definition) is 3. The Labute approximate surface area is 189 Å². The smallest absolute Gasteiger partial charge is 0.273 e. The summed E-state index contributed by atoms with van der Waals surface area (Å²) in [6, 6.07) is 10.3. The standard InChI is InChI=1S/C22H20N8O3/c1-24-22(32)18-16(10-17(29-30-18)28-21(31)12-6-7-12)27-15-5-3-4-14(19(15)33-2)20-25-9-8-13(11-23)26-20/h3-5,8-10,12H,6-7H2,1-2H3,(H,24,32)(H2,27,28,29,31). The highest BCUT2D eigenvalue weighted by molar-refractivity contribution is 6.00. The minimum atomic E-state index is -0.453. The number of nitrogens with one attached hydrogen (secondary N) is 3. The number of methoxy groups -OCH3 is 1. The largest absolute Gasteiger partial charge is 0.494 e. The number of nitriles is 1.